The van der Waals surface area contributed by atoms with Gasteiger partial charge in [-0.15, -0.1) is 0 Å². The molecule has 0 amide bonds. The fourth-order valence-electron chi connectivity index (χ4n) is 1.14. The molecular weight excluding hydrogens is 269 g/mol. The lowest BCUT2D eigenvalue weighted by Gasteiger charge is -2.16. The number of halogens is 1. The van der Waals surface area contributed by atoms with Gasteiger partial charge >= 0.3 is 0 Å². The predicted molar refractivity (Wildman–Crippen MR) is 63.7 cm³/mol. The third-order valence-corrected chi connectivity index (χ3v) is 2.53. The largest absolute Gasteiger partial charge is 0.308 e. The normalized spacial score (nSPS) is 16.4. The van der Waals surface area contributed by atoms with Crippen molar-refractivity contribution in [1.82, 2.24) is 5.32 Å². The first kappa shape index (κ1) is 12.0. The highest BCUT2D eigenvalue weighted by Gasteiger charge is 2.07. The highest BCUT2D eigenvalue weighted by Crippen LogP contribution is 2.13. The van der Waals surface area contributed by atoms with Crippen molar-refractivity contribution in [2.45, 2.75) is 31.9 Å². The number of nitrogens with one attached hydrogen (secondary N) is 1. The van der Waals surface area contributed by atoms with Crippen molar-refractivity contribution in [2.24, 2.45) is 5.92 Å². The molecule has 1 N–H and O–H groups in total. The van der Waals surface area contributed by atoms with E-state index in [2.05, 4.69) is 54.4 Å². The summed E-state index contributed by atoms with van der Waals surface area (Å²) in [5, 5.41) is 3.90. The van der Waals surface area contributed by atoms with Gasteiger partial charge in [0, 0.05) is 4.55 Å². The SMILES string of the molecule is CC[C@@H](CNCI)CC(C)S. The molecule has 0 aliphatic rings. The summed E-state index contributed by atoms with van der Waals surface area (Å²) in [5.74, 6) is 0.803. The van der Waals surface area contributed by atoms with Gasteiger partial charge in [0.2, 0.25) is 0 Å². The average molecular weight is 287 g/mol. The molecule has 1 nitrogen and oxygen atoms in total. The smallest absolute Gasteiger partial charge is 0.0480 e. The zero-order valence-corrected chi connectivity index (χ0v) is 10.4. The highest BCUT2D eigenvalue weighted by molar-refractivity contribution is 14.1. The van der Waals surface area contributed by atoms with Gasteiger partial charge in [0.15, 0.2) is 0 Å². The van der Waals surface area contributed by atoms with Crippen LogP contribution in [0.3, 0.4) is 0 Å². The van der Waals surface area contributed by atoms with E-state index in [4.69, 9.17) is 0 Å². The van der Waals surface area contributed by atoms with Gasteiger partial charge in [-0.25, -0.2) is 0 Å². The summed E-state index contributed by atoms with van der Waals surface area (Å²) in [6.07, 6.45) is 2.48. The second-order valence-corrected chi connectivity index (χ2v) is 4.59. The van der Waals surface area contributed by atoms with E-state index in [1.54, 1.807) is 0 Å². The van der Waals surface area contributed by atoms with Crippen LogP contribution >= 0.6 is 35.2 Å². The minimum absolute atomic E-state index is 0.538. The molecule has 0 aromatic rings. The third kappa shape index (κ3) is 7.40. The van der Waals surface area contributed by atoms with Crippen LogP contribution in [-0.2, 0) is 0 Å². The molecule has 0 aromatic carbocycles. The summed E-state index contributed by atoms with van der Waals surface area (Å²) < 4.78 is 1.05. The number of hydrogen-bond acceptors (Lipinski definition) is 2. The van der Waals surface area contributed by atoms with Crippen LogP contribution < -0.4 is 5.32 Å². The summed E-state index contributed by atoms with van der Waals surface area (Å²) in [6.45, 7) is 5.55. The third-order valence-electron chi connectivity index (χ3n) is 1.78. The molecule has 0 radical (unpaired) electrons. The van der Waals surface area contributed by atoms with Gasteiger partial charge in [-0.05, 0) is 24.1 Å². The number of hydrogen-bond donors (Lipinski definition) is 2. The highest BCUT2D eigenvalue weighted by atomic mass is 127. The quantitative estimate of drug-likeness (QED) is 0.331. The minimum atomic E-state index is 0.538. The van der Waals surface area contributed by atoms with Crippen molar-refractivity contribution in [1.29, 1.82) is 0 Å². The molecule has 0 saturated heterocycles. The van der Waals surface area contributed by atoms with Crippen LogP contribution in [0.5, 0.6) is 0 Å². The Labute approximate surface area is 89.3 Å². The van der Waals surface area contributed by atoms with Crippen LogP contribution in [0.4, 0.5) is 0 Å². The van der Waals surface area contributed by atoms with Crippen molar-refractivity contribution in [3.8, 4) is 0 Å². The Morgan fingerprint density at radius 2 is 2.18 bits per heavy atom. The van der Waals surface area contributed by atoms with Gasteiger partial charge in [0.1, 0.15) is 0 Å². The average Bonchev–Trinajstić information content (AvgIpc) is 1.97. The first-order valence-electron chi connectivity index (χ1n) is 4.15. The van der Waals surface area contributed by atoms with Gasteiger partial charge in [0.25, 0.3) is 0 Å². The summed E-state index contributed by atoms with van der Waals surface area (Å²) in [4.78, 5) is 0. The molecule has 0 aliphatic heterocycles. The van der Waals surface area contributed by atoms with Gasteiger partial charge in [-0.1, -0.05) is 42.9 Å². The van der Waals surface area contributed by atoms with Gasteiger partial charge in [0.05, 0.1) is 0 Å². The standard InChI is InChI=1S/C8H18INS/c1-3-8(4-7(2)11)5-10-6-9/h7-8,10-11H,3-6H2,1-2H3/t7?,8-/m1/s1. The molecule has 0 aromatic heterocycles. The Balaban J connectivity index is 3.41. The fourth-order valence-corrected chi connectivity index (χ4v) is 1.74. The van der Waals surface area contributed by atoms with E-state index >= 15 is 0 Å². The van der Waals surface area contributed by atoms with E-state index in [0.29, 0.717) is 5.25 Å². The first-order chi connectivity index (χ1) is 5.20. The van der Waals surface area contributed by atoms with Crippen LogP contribution in [0.1, 0.15) is 26.7 Å². The molecule has 0 spiro atoms. The zero-order chi connectivity index (χ0) is 8.69. The summed E-state index contributed by atoms with van der Waals surface area (Å²) in [7, 11) is 0. The second kappa shape index (κ2) is 7.68. The lowest BCUT2D eigenvalue weighted by molar-refractivity contribution is 0.449. The Kier molecular flexibility index (Phi) is 8.40. The van der Waals surface area contributed by atoms with Crippen LogP contribution in [0.2, 0.25) is 0 Å². The molecule has 0 aliphatic carbocycles. The molecule has 11 heavy (non-hydrogen) atoms. The number of thiol groups is 1. The molecule has 0 rings (SSSR count). The Bertz CT molecular complexity index is 88.2. The topological polar surface area (TPSA) is 12.0 Å². The summed E-state index contributed by atoms with van der Waals surface area (Å²) in [6, 6.07) is 0. The van der Waals surface area contributed by atoms with E-state index < -0.39 is 0 Å². The molecule has 0 bridgehead atoms. The molecule has 0 fully saturated rings. The maximum absolute atomic E-state index is 4.38. The van der Waals surface area contributed by atoms with E-state index in [1.807, 2.05) is 0 Å². The maximum atomic E-state index is 4.38. The first-order valence-corrected chi connectivity index (χ1v) is 6.19. The Morgan fingerprint density at radius 1 is 1.55 bits per heavy atom. The van der Waals surface area contributed by atoms with Crippen LogP contribution in [0.25, 0.3) is 0 Å². The minimum Gasteiger partial charge on any atom is -0.308 e. The monoisotopic (exact) mass is 287 g/mol. The van der Waals surface area contributed by atoms with Crippen molar-refractivity contribution in [2.75, 3.05) is 11.1 Å². The van der Waals surface area contributed by atoms with Crippen LogP contribution in [-0.4, -0.2) is 16.3 Å². The summed E-state index contributed by atoms with van der Waals surface area (Å²) >= 11 is 6.72. The van der Waals surface area contributed by atoms with Gasteiger partial charge in [-0.3, -0.25) is 0 Å². The zero-order valence-electron chi connectivity index (χ0n) is 7.31. The van der Waals surface area contributed by atoms with Crippen LogP contribution in [0.15, 0.2) is 0 Å². The fraction of sp³-hybridized carbons (Fsp3) is 1.00. The molecule has 68 valence electrons. The molecule has 0 saturated carbocycles. The van der Waals surface area contributed by atoms with Crippen molar-refractivity contribution >= 4 is 35.2 Å². The van der Waals surface area contributed by atoms with Gasteiger partial charge < -0.3 is 5.32 Å². The van der Waals surface area contributed by atoms with Gasteiger partial charge in [-0.2, -0.15) is 12.6 Å². The van der Waals surface area contributed by atoms with E-state index in [-0.39, 0.29) is 0 Å². The van der Waals surface area contributed by atoms with Crippen molar-refractivity contribution in [3.05, 3.63) is 0 Å². The van der Waals surface area contributed by atoms with Crippen molar-refractivity contribution in [3.63, 3.8) is 0 Å². The van der Waals surface area contributed by atoms with E-state index in [1.165, 1.54) is 12.8 Å². The molecule has 2 atom stereocenters. The summed E-state index contributed by atoms with van der Waals surface area (Å²) in [5.41, 5.74) is 0. The predicted octanol–water partition coefficient (Wildman–Crippen LogP) is 2.70. The van der Waals surface area contributed by atoms with E-state index in [0.717, 1.165) is 17.0 Å². The maximum Gasteiger partial charge on any atom is 0.0480 e. The number of alkyl halides is 1. The lowest BCUT2D eigenvalue weighted by Crippen LogP contribution is -2.22. The van der Waals surface area contributed by atoms with E-state index in [9.17, 15) is 0 Å². The molecule has 3 heteroatoms. The van der Waals surface area contributed by atoms with Crippen molar-refractivity contribution < 1.29 is 0 Å². The molecule has 1 unspecified atom stereocenters. The number of rotatable bonds is 6. The Morgan fingerprint density at radius 3 is 2.55 bits per heavy atom. The lowest BCUT2D eigenvalue weighted by atomic mass is 10.0. The van der Waals surface area contributed by atoms with Crippen LogP contribution in [0, 0.1) is 5.92 Å². The molecule has 0 heterocycles. The molecular formula is C8H18INS. The second-order valence-electron chi connectivity index (χ2n) is 2.95. The Hall–Kier alpha value is 1.04.